The molecule has 1 aromatic heterocycles. The van der Waals surface area contributed by atoms with Gasteiger partial charge in [0.25, 0.3) is 5.91 Å². The Balaban J connectivity index is 2.59. The SMILES string of the molecule is NCCNC(=O)c1occc1Br. The molecule has 0 saturated carbocycles. The fraction of sp³-hybridized carbons (Fsp3) is 0.286. The zero-order valence-electron chi connectivity index (χ0n) is 6.34. The number of carbonyl (C=O) groups is 1. The molecule has 0 unspecified atom stereocenters. The summed E-state index contributed by atoms with van der Waals surface area (Å²) in [5.41, 5.74) is 5.21. The maximum absolute atomic E-state index is 11.2. The van der Waals surface area contributed by atoms with E-state index >= 15 is 0 Å². The summed E-state index contributed by atoms with van der Waals surface area (Å²) in [4.78, 5) is 11.2. The Kier molecular flexibility index (Phi) is 3.31. The number of furan rings is 1. The lowest BCUT2D eigenvalue weighted by atomic mass is 10.4. The van der Waals surface area contributed by atoms with Gasteiger partial charge in [0.15, 0.2) is 0 Å². The minimum absolute atomic E-state index is 0.252. The molecule has 1 rings (SSSR count). The van der Waals surface area contributed by atoms with E-state index in [0.29, 0.717) is 17.6 Å². The highest BCUT2D eigenvalue weighted by Crippen LogP contribution is 2.16. The molecule has 0 bridgehead atoms. The first-order valence-electron chi connectivity index (χ1n) is 3.47. The molecule has 1 aromatic rings. The van der Waals surface area contributed by atoms with Gasteiger partial charge in [0.1, 0.15) is 0 Å². The van der Waals surface area contributed by atoms with Gasteiger partial charge in [-0.3, -0.25) is 4.79 Å². The minimum Gasteiger partial charge on any atom is -0.458 e. The standard InChI is InChI=1S/C7H9BrN2O2/c8-5-1-4-12-6(5)7(11)10-3-2-9/h1,4H,2-3,9H2,(H,10,11). The minimum atomic E-state index is -0.252. The maximum Gasteiger partial charge on any atom is 0.288 e. The second-order valence-corrected chi connectivity index (χ2v) is 3.00. The molecule has 0 fully saturated rings. The summed E-state index contributed by atoms with van der Waals surface area (Å²) in [5, 5.41) is 2.59. The van der Waals surface area contributed by atoms with Crippen molar-refractivity contribution >= 4 is 21.8 Å². The second-order valence-electron chi connectivity index (χ2n) is 2.14. The molecular weight excluding hydrogens is 224 g/mol. The Labute approximate surface area is 78.2 Å². The fourth-order valence-corrected chi connectivity index (χ4v) is 1.10. The molecule has 0 aromatic carbocycles. The van der Waals surface area contributed by atoms with E-state index in [1.54, 1.807) is 6.07 Å². The van der Waals surface area contributed by atoms with E-state index in [2.05, 4.69) is 21.2 Å². The largest absolute Gasteiger partial charge is 0.458 e. The molecule has 0 aliphatic rings. The number of carbonyl (C=O) groups excluding carboxylic acids is 1. The Morgan fingerprint density at radius 1 is 1.75 bits per heavy atom. The van der Waals surface area contributed by atoms with Crippen molar-refractivity contribution in [3.63, 3.8) is 0 Å². The second kappa shape index (κ2) is 4.27. The van der Waals surface area contributed by atoms with E-state index in [1.807, 2.05) is 0 Å². The van der Waals surface area contributed by atoms with Crippen molar-refractivity contribution in [1.82, 2.24) is 5.32 Å². The van der Waals surface area contributed by atoms with Crippen molar-refractivity contribution in [2.45, 2.75) is 0 Å². The molecule has 0 saturated heterocycles. The van der Waals surface area contributed by atoms with Crippen LogP contribution in [0.4, 0.5) is 0 Å². The van der Waals surface area contributed by atoms with Crippen LogP contribution in [0.2, 0.25) is 0 Å². The van der Waals surface area contributed by atoms with Crippen LogP contribution >= 0.6 is 15.9 Å². The van der Waals surface area contributed by atoms with E-state index in [4.69, 9.17) is 10.2 Å². The number of halogens is 1. The summed E-state index contributed by atoms with van der Waals surface area (Å²) in [7, 11) is 0. The number of rotatable bonds is 3. The molecule has 4 nitrogen and oxygen atoms in total. The van der Waals surface area contributed by atoms with E-state index in [0.717, 1.165) is 0 Å². The highest BCUT2D eigenvalue weighted by molar-refractivity contribution is 9.10. The summed E-state index contributed by atoms with van der Waals surface area (Å²) in [6.45, 7) is 0.871. The molecule has 1 amide bonds. The number of hydrogen-bond acceptors (Lipinski definition) is 3. The van der Waals surface area contributed by atoms with Crippen LogP contribution in [-0.4, -0.2) is 19.0 Å². The molecular formula is C7H9BrN2O2. The summed E-state index contributed by atoms with van der Waals surface area (Å²) in [6, 6.07) is 1.66. The van der Waals surface area contributed by atoms with Crippen LogP contribution in [0.5, 0.6) is 0 Å². The molecule has 0 aliphatic heterocycles. The van der Waals surface area contributed by atoms with Gasteiger partial charge in [-0.15, -0.1) is 0 Å². The Hall–Kier alpha value is -0.810. The van der Waals surface area contributed by atoms with E-state index in [1.165, 1.54) is 6.26 Å². The first-order chi connectivity index (χ1) is 5.75. The molecule has 5 heteroatoms. The van der Waals surface area contributed by atoms with Crippen LogP contribution in [0.3, 0.4) is 0 Å². The highest BCUT2D eigenvalue weighted by Gasteiger charge is 2.11. The number of nitrogens with two attached hydrogens (primary N) is 1. The molecule has 1 heterocycles. The van der Waals surface area contributed by atoms with Crippen LogP contribution in [0, 0.1) is 0 Å². The van der Waals surface area contributed by atoms with Crippen LogP contribution in [0.1, 0.15) is 10.6 Å². The van der Waals surface area contributed by atoms with Gasteiger partial charge >= 0.3 is 0 Å². The highest BCUT2D eigenvalue weighted by atomic mass is 79.9. The topological polar surface area (TPSA) is 68.3 Å². The first-order valence-corrected chi connectivity index (χ1v) is 4.26. The average Bonchev–Trinajstić information content (AvgIpc) is 2.47. The third kappa shape index (κ3) is 2.09. The van der Waals surface area contributed by atoms with Crippen molar-refractivity contribution in [3.8, 4) is 0 Å². The Morgan fingerprint density at radius 2 is 2.50 bits per heavy atom. The smallest absolute Gasteiger partial charge is 0.288 e. The van der Waals surface area contributed by atoms with Gasteiger partial charge in [-0.1, -0.05) is 0 Å². The Bertz CT molecular complexity index is 272. The monoisotopic (exact) mass is 232 g/mol. The predicted molar refractivity (Wildman–Crippen MR) is 47.8 cm³/mol. The predicted octanol–water partition coefficient (Wildman–Crippen LogP) is 0.731. The summed E-state index contributed by atoms with van der Waals surface area (Å²) >= 11 is 3.17. The zero-order valence-corrected chi connectivity index (χ0v) is 7.93. The zero-order chi connectivity index (χ0) is 8.97. The van der Waals surface area contributed by atoms with Crippen LogP contribution < -0.4 is 11.1 Å². The molecule has 0 atom stereocenters. The fourth-order valence-electron chi connectivity index (χ4n) is 0.722. The quantitative estimate of drug-likeness (QED) is 0.808. The van der Waals surface area contributed by atoms with Crippen molar-refractivity contribution in [2.75, 3.05) is 13.1 Å². The van der Waals surface area contributed by atoms with Crippen molar-refractivity contribution < 1.29 is 9.21 Å². The summed E-state index contributed by atoms with van der Waals surface area (Å²) in [5.74, 6) is 0.0285. The van der Waals surface area contributed by atoms with Gasteiger partial charge in [-0.2, -0.15) is 0 Å². The van der Waals surface area contributed by atoms with Gasteiger partial charge in [-0.25, -0.2) is 0 Å². The van der Waals surface area contributed by atoms with Crippen LogP contribution in [0.25, 0.3) is 0 Å². The third-order valence-corrected chi connectivity index (χ3v) is 1.88. The van der Waals surface area contributed by atoms with Gasteiger partial charge in [0.2, 0.25) is 5.76 Å². The van der Waals surface area contributed by atoms with Gasteiger partial charge in [-0.05, 0) is 22.0 Å². The lowest BCUT2D eigenvalue weighted by Crippen LogP contribution is -2.28. The molecule has 3 N–H and O–H groups in total. The van der Waals surface area contributed by atoms with Gasteiger partial charge in [0.05, 0.1) is 10.7 Å². The summed E-state index contributed by atoms with van der Waals surface area (Å²) in [6.07, 6.45) is 1.45. The van der Waals surface area contributed by atoms with Crippen molar-refractivity contribution in [2.24, 2.45) is 5.73 Å². The molecule has 0 spiro atoms. The average molecular weight is 233 g/mol. The Morgan fingerprint density at radius 3 is 3.00 bits per heavy atom. The number of hydrogen-bond donors (Lipinski definition) is 2. The lowest BCUT2D eigenvalue weighted by molar-refractivity contribution is 0.0926. The third-order valence-electron chi connectivity index (χ3n) is 1.25. The maximum atomic E-state index is 11.2. The van der Waals surface area contributed by atoms with Crippen LogP contribution in [0.15, 0.2) is 21.2 Å². The van der Waals surface area contributed by atoms with E-state index < -0.39 is 0 Å². The van der Waals surface area contributed by atoms with Crippen molar-refractivity contribution in [3.05, 3.63) is 22.6 Å². The number of nitrogens with one attached hydrogen (secondary N) is 1. The van der Waals surface area contributed by atoms with E-state index in [9.17, 15) is 4.79 Å². The molecule has 12 heavy (non-hydrogen) atoms. The molecule has 0 radical (unpaired) electrons. The lowest BCUT2D eigenvalue weighted by Gasteiger charge is -1.99. The van der Waals surface area contributed by atoms with Crippen LogP contribution in [-0.2, 0) is 0 Å². The molecule has 66 valence electrons. The first kappa shape index (κ1) is 9.28. The van der Waals surface area contributed by atoms with Crippen molar-refractivity contribution in [1.29, 1.82) is 0 Å². The summed E-state index contributed by atoms with van der Waals surface area (Å²) < 4.78 is 5.57. The van der Waals surface area contributed by atoms with Gasteiger partial charge < -0.3 is 15.5 Å². The normalized spacial score (nSPS) is 9.83. The van der Waals surface area contributed by atoms with Gasteiger partial charge in [0, 0.05) is 13.1 Å². The molecule has 0 aliphatic carbocycles. The number of amides is 1. The van der Waals surface area contributed by atoms with E-state index in [-0.39, 0.29) is 11.7 Å².